The summed E-state index contributed by atoms with van der Waals surface area (Å²) in [5.41, 5.74) is 0. The van der Waals surface area contributed by atoms with Gasteiger partial charge in [-0.3, -0.25) is 0 Å². The predicted octanol–water partition coefficient (Wildman–Crippen LogP) is 2.25. The molecule has 0 heterocycles. The van der Waals surface area contributed by atoms with Crippen molar-refractivity contribution in [3.8, 4) is 0 Å². The Morgan fingerprint density at radius 2 is 1.38 bits per heavy atom. The van der Waals surface area contributed by atoms with Crippen LogP contribution in [0.5, 0.6) is 0 Å². The third-order valence-electron chi connectivity index (χ3n) is 1.07. The van der Waals surface area contributed by atoms with E-state index in [-0.39, 0.29) is 12.2 Å². The Kier molecular flexibility index (Phi) is 13.4. The van der Waals surface area contributed by atoms with E-state index in [4.69, 9.17) is 9.47 Å². The maximum absolute atomic E-state index is 9.50. The van der Waals surface area contributed by atoms with Crippen LogP contribution in [0.15, 0.2) is 0 Å². The third kappa shape index (κ3) is 18.5. The summed E-state index contributed by atoms with van der Waals surface area (Å²) in [5.74, 6) is 0.204. The zero-order valence-corrected chi connectivity index (χ0v) is 9.37. The second kappa shape index (κ2) is 11.6. The number of ether oxygens (including phenoxy) is 2. The van der Waals surface area contributed by atoms with Crippen molar-refractivity contribution in [2.45, 2.75) is 40.9 Å². The van der Waals surface area contributed by atoms with Crippen molar-refractivity contribution in [3.63, 3.8) is 0 Å². The molecule has 0 amide bonds. The van der Waals surface area contributed by atoms with Gasteiger partial charge in [-0.25, -0.2) is 0 Å². The van der Waals surface area contributed by atoms with Crippen molar-refractivity contribution >= 4 is 6.29 Å². The van der Waals surface area contributed by atoms with Crippen LogP contribution in [0.4, 0.5) is 0 Å². The summed E-state index contributed by atoms with van der Waals surface area (Å²) < 4.78 is 10.1. The van der Waals surface area contributed by atoms with Crippen LogP contribution in [0.2, 0.25) is 0 Å². The Morgan fingerprint density at radius 1 is 1.08 bits per heavy atom. The first-order chi connectivity index (χ1) is 6.08. The van der Waals surface area contributed by atoms with Gasteiger partial charge in [0.05, 0.1) is 0 Å². The van der Waals surface area contributed by atoms with Gasteiger partial charge < -0.3 is 14.3 Å². The molecule has 0 saturated carbocycles. The van der Waals surface area contributed by atoms with Gasteiger partial charge in [0.1, 0.15) is 6.29 Å². The molecule has 3 heteroatoms. The van der Waals surface area contributed by atoms with Crippen molar-refractivity contribution in [1.82, 2.24) is 0 Å². The van der Waals surface area contributed by atoms with Crippen LogP contribution in [0.1, 0.15) is 34.6 Å². The minimum Gasteiger partial charge on any atom is -0.353 e. The number of hydrogen-bond acceptors (Lipinski definition) is 3. The topological polar surface area (TPSA) is 35.5 Å². The highest BCUT2D eigenvalue weighted by Gasteiger charge is 1.94. The molecular weight excluding hydrogens is 168 g/mol. The van der Waals surface area contributed by atoms with E-state index in [2.05, 4.69) is 0 Å². The van der Waals surface area contributed by atoms with Crippen LogP contribution < -0.4 is 0 Å². The van der Waals surface area contributed by atoms with Crippen molar-refractivity contribution in [3.05, 3.63) is 0 Å². The fourth-order valence-electron chi connectivity index (χ4n) is 0.518. The summed E-state index contributed by atoms with van der Waals surface area (Å²) in [7, 11) is 0. The van der Waals surface area contributed by atoms with Gasteiger partial charge in [-0.1, -0.05) is 13.8 Å². The van der Waals surface area contributed by atoms with Gasteiger partial charge in [0.15, 0.2) is 6.29 Å². The summed E-state index contributed by atoms with van der Waals surface area (Å²) in [4.78, 5) is 9.50. The molecule has 80 valence electrons. The standard InChI is InChI=1S/C6H14O2.C4H8O/c1-4-7-6(3)8-5-2;1-4(2)3-5/h6H,4-5H2,1-3H3;3-4H,1-2H3. The highest BCUT2D eigenvalue weighted by molar-refractivity contribution is 5.51. The second-order valence-corrected chi connectivity index (χ2v) is 2.86. The van der Waals surface area contributed by atoms with Crippen LogP contribution in [0.25, 0.3) is 0 Å². The molecule has 0 saturated heterocycles. The lowest BCUT2D eigenvalue weighted by Gasteiger charge is -2.09. The predicted molar refractivity (Wildman–Crippen MR) is 53.6 cm³/mol. The molecule has 0 aromatic heterocycles. The summed E-state index contributed by atoms with van der Waals surface area (Å²) >= 11 is 0. The van der Waals surface area contributed by atoms with E-state index >= 15 is 0 Å². The van der Waals surface area contributed by atoms with E-state index in [0.29, 0.717) is 0 Å². The zero-order valence-electron chi connectivity index (χ0n) is 9.37. The quantitative estimate of drug-likeness (QED) is 0.492. The van der Waals surface area contributed by atoms with Crippen LogP contribution in [0, 0.1) is 5.92 Å². The van der Waals surface area contributed by atoms with Crippen molar-refractivity contribution in [2.24, 2.45) is 5.92 Å². The van der Waals surface area contributed by atoms with Crippen LogP contribution in [-0.4, -0.2) is 25.8 Å². The maximum Gasteiger partial charge on any atom is 0.154 e. The van der Waals surface area contributed by atoms with Gasteiger partial charge in [0.2, 0.25) is 0 Å². The molecule has 13 heavy (non-hydrogen) atoms. The lowest BCUT2D eigenvalue weighted by Crippen LogP contribution is -2.11. The average molecular weight is 190 g/mol. The fraction of sp³-hybridized carbons (Fsp3) is 0.900. The molecule has 0 rings (SSSR count). The summed E-state index contributed by atoms with van der Waals surface area (Å²) in [6.45, 7) is 11.0. The van der Waals surface area contributed by atoms with E-state index < -0.39 is 0 Å². The first-order valence-electron chi connectivity index (χ1n) is 4.76. The average Bonchev–Trinajstić information content (AvgIpc) is 2.06. The van der Waals surface area contributed by atoms with E-state index in [9.17, 15) is 4.79 Å². The SMILES string of the molecule is CC(C)C=O.CCOC(C)OCC. The fourth-order valence-corrected chi connectivity index (χ4v) is 0.518. The number of rotatable bonds is 5. The Morgan fingerprint density at radius 3 is 1.54 bits per heavy atom. The van der Waals surface area contributed by atoms with E-state index in [0.717, 1.165) is 19.5 Å². The van der Waals surface area contributed by atoms with Gasteiger partial charge >= 0.3 is 0 Å². The third-order valence-corrected chi connectivity index (χ3v) is 1.07. The molecule has 0 fully saturated rings. The molecular formula is C10H22O3. The maximum atomic E-state index is 9.50. The van der Waals surface area contributed by atoms with Gasteiger partial charge in [-0.15, -0.1) is 0 Å². The largest absolute Gasteiger partial charge is 0.353 e. The molecule has 0 aliphatic heterocycles. The molecule has 0 aromatic rings. The van der Waals surface area contributed by atoms with Crippen molar-refractivity contribution in [2.75, 3.05) is 13.2 Å². The van der Waals surface area contributed by atoms with Crippen LogP contribution in [0.3, 0.4) is 0 Å². The van der Waals surface area contributed by atoms with Crippen LogP contribution >= 0.6 is 0 Å². The molecule has 0 atom stereocenters. The highest BCUT2D eigenvalue weighted by Crippen LogP contribution is 1.90. The van der Waals surface area contributed by atoms with E-state index in [1.54, 1.807) is 0 Å². The van der Waals surface area contributed by atoms with Gasteiger partial charge in [-0.05, 0) is 20.8 Å². The normalized spacial score (nSPS) is 9.77. The summed E-state index contributed by atoms with van der Waals surface area (Å²) in [5, 5.41) is 0. The summed E-state index contributed by atoms with van der Waals surface area (Å²) in [6, 6.07) is 0. The van der Waals surface area contributed by atoms with Gasteiger partial charge in [-0.2, -0.15) is 0 Å². The van der Waals surface area contributed by atoms with E-state index in [1.165, 1.54) is 0 Å². The minimum atomic E-state index is -0.0370. The van der Waals surface area contributed by atoms with Crippen molar-refractivity contribution in [1.29, 1.82) is 0 Å². The minimum absolute atomic E-state index is 0.0370. The second-order valence-electron chi connectivity index (χ2n) is 2.86. The first kappa shape index (κ1) is 15.1. The van der Waals surface area contributed by atoms with Crippen LogP contribution in [-0.2, 0) is 14.3 Å². The van der Waals surface area contributed by atoms with E-state index in [1.807, 2.05) is 34.6 Å². The highest BCUT2D eigenvalue weighted by atomic mass is 16.7. The molecule has 0 bridgehead atoms. The lowest BCUT2D eigenvalue weighted by atomic mass is 10.3. The molecule has 0 N–H and O–H groups in total. The van der Waals surface area contributed by atoms with Gasteiger partial charge in [0, 0.05) is 19.1 Å². The molecule has 0 unspecified atom stereocenters. The number of carbonyl (C=O) groups excluding carboxylic acids is 1. The Hall–Kier alpha value is -0.410. The van der Waals surface area contributed by atoms with Crippen molar-refractivity contribution < 1.29 is 14.3 Å². The molecule has 0 aliphatic carbocycles. The molecule has 0 aliphatic rings. The molecule has 0 spiro atoms. The lowest BCUT2D eigenvalue weighted by molar-refractivity contribution is -0.123. The first-order valence-corrected chi connectivity index (χ1v) is 4.76. The van der Waals surface area contributed by atoms with Gasteiger partial charge in [0.25, 0.3) is 0 Å². The molecule has 0 radical (unpaired) electrons. The molecule has 3 nitrogen and oxygen atoms in total. The monoisotopic (exact) mass is 190 g/mol. The smallest absolute Gasteiger partial charge is 0.154 e. The zero-order chi connectivity index (χ0) is 10.7. The Balaban J connectivity index is 0. The summed E-state index contributed by atoms with van der Waals surface area (Å²) in [6.07, 6.45) is 0.880. The molecule has 0 aromatic carbocycles. The Bertz CT molecular complexity index is 96.3. The number of aldehydes is 1. The Labute approximate surface area is 81.4 Å². The number of hydrogen-bond donors (Lipinski definition) is 0. The number of carbonyl (C=O) groups is 1.